The van der Waals surface area contributed by atoms with Crippen molar-refractivity contribution >= 4 is 35.0 Å². The van der Waals surface area contributed by atoms with Crippen LogP contribution in [0.5, 0.6) is 28.7 Å². The number of ketones is 1. The predicted molar refractivity (Wildman–Crippen MR) is 136 cm³/mol. The molecule has 8 heteroatoms. The normalized spacial score (nSPS) is 13.8. The second-order valence-electron chi connectivity index (χ2n) is 8.58. The average molecular weight is 496 g/mol. The number of phenols is 1. The standard InChI is InChI=1S/C29H20O8/c1-16-10-20(31)28-26(11-16)37-23(9-5-18-4-8-22-25(13-18)36-15-34-22)27(29(28)32)19(30)6-2-17-3-7-21-24(12-17)35-14-33-21/h2-13,31H,14-15H2,1H3/b6-2+,9-5+. The van der Waals surface area contributed by atoms with Crippen molar-refractivity contribution in [1.82, 2.24) is 0 Å². The van der Waals surface area contributed by atoms with E-state index in [1.54, 1.807) is 61.5 Å². The Balaban J connectivity index is 1.42. The molecule has 8 nitrogen and oxygen atoms in total. The minimum absolute atomic E-state index is 0.0503. The molecule has 0 atom stereocenters. The second-order valence-corrected chi connectivity index (χ2v) is 8.58. The molecule has 0 spiro atoms. The van der Waals surface area contributed by atoms with Gasteiger partial charge in [0, 0.05) is 0 Å². The van der Waals surface area contributed by atoms with Gasteiger partial charge in [0.2, 0.25) is 19.0 Å². The minimum atomic E-state index is -0.621. The number of benzene rings is 3. The van der Waals surface area contributed by atoms with Crippen LogP contribution in [0.25, 0.3) is 29.2 Å². The van der Waals surface area contributed by atoms with E-state index in [0.29, 0.717) is 34.1 Å². The monoisotopic (exact) mass is 496 g/mol. The van der Waals surface area contributed by atoms with Gasteiger partial charge in [-0.15, -0.1) is 0 Å². The molecule has 0 amide bonds. The largest absolute Gasteiger partial charge is 0.507 e. The number of carbonyl (C=O) groups is 1. The molecule has 0 unspecified atom stereocenters. The van der Waals surface area contributed by atoms with Gasteiger partial charge in [-0.05, 0) is 72.2 Å². The van der Waals surface area contributed by atoms with Crippen LogP contribution in [0.2, 0.25) is 0 Å². The zero-order valence-corrected chi connectivity index (χ0v) is 19.6. The van der Waals surface area contributed by atoms with Crippen molar-refractivity contribution in [3.05, 3.63) is 92.8 Å². The Morgan fingerprint density at radius 1 is 0.811 bits per heavy atom. The molecule has 0 fully saturated rings. The van der Waals surface area contributed by atoms with Crippen LogP contribution in [-0.2, 0) is 0 Å². The van der Waals surface area contributed by atoms with Gasteiger partial charge in [-0.2, -0.15) is 0 Å². The molecule has 2 aliphatic heterocycles. The zero-order chi connectivity index (χ0) is 25.5. The summed E-state index contributed by atoms with van der Waals surface area (Å²) in [5.74, 6) is 1.70. The topological polar surface area (TPSA) is 104 Å². The Hall–Kier alpha value is -4.98. The lowest BCUT2D eigenvalue weighted by molar-refractivity contribution is 0.104. The van der Waals surface area contributed by atoms with E-state index in [-0.39, 0.29) is 41.6 Å². The summed E-state index contributed by atoms with van der Waals surface area (Å²) in [4.78, 5) is 26.8. The number of fused-ring (bicyclic) bond motifs is 3. The molecule has 184 valence electrons. The Bertz CT molecular complexity index is 1690. The van der Waals surface area contributed by atoms with Gasteiger partial charge >= 0.3 is 0 Å². The lowest BCUT2D eigenvalue weighted by Crippen LogP contribution is -2.16. The summed E-state index contributed by atoms with van der Waals surface area (Å²) in [5, 5.41) is 10.4. The number of allylic oxidation sites excluding steroid dienone is 1. The van der Waals surface area contributed by atoms with Crippen molar-refractivity contribution in [2.45, 2.75) is 6.92 Å². The molecular formula is C29H20O8. The van der Waals surface area contributed by atoms with Gasteiger partial charge in [-0.1, -0.05) is 24.3 Å². The molecule has 0 saturated heterocycles. The Labute approximate surface area is 210 Å². The van der Waals surface area contributed by atoms with Crippen LogP contribution in [0, 0.1) is 6.92 Å². The van der Waals surface area contributed by atoms with Crippen LogP contribution in [0.1, 0.15) is 32.8 Å². The third-order valence-corrected chi connectivity index (χ3v) is 6.04. The SMILES string of the molecule is Cc1cc(O)c2c(=O)c(C(=O)/C=C/c3ccc4c(c3)OCO4)c(/C=C/c3ccc4c(c3)OCO4)oc2c1. The maximum atomic E-state index is 13.5. The lowest BCUT2D eigenvalue weighted by Gasteiger charge is -2.08. The minimum Gasteiger partial charge on any atom is -0.507 e. The van der Waals surface area contributed by atoms with Crippen LogP contribution >= 0.6 is 0 Å². The molecule has 0 bridgehead atoms. The first-order chi connectivity index (χ1) is 18.0. The molecule has 37 heavy (non-hydrogen) atoms. The highest BCUT2D eigenvalue weighted by Gasteiger charge is 2.21. The van der Waals surface area contributed by atoms with E-state index in [1.807, 2.05) is 6.07 Å². The van der Waals surface area contributed by atoms with Crippen molar-refractivity contribution in [3.63, 3.8) is 0 Å². The molecule has 4 aromatic rings. The molecule has 3 heterocycles. The quantitative estimate of drug-likeness (QED) is 0.292. The van der Waals surface area contributed by atoms with E-state index in [0.717, 1.165) is 5.56 Å². The fourth-order valence-corrected chi connectivity index (χ4v) is 4.26. The van der Waals surface area contributed by atoms with Gasteiger partial charge < -0.3 is 28.5 Å². The summed E-state index contributed by atoms with van der Waals surface area (Å²) < 4.78 is 27.5. The first-order valence-corrected chi connectivity index (χ1v) is 11.5. The third kappa shape index (κ3) is 4.18. The molecule has 6 rings (SSSR count). The van der Waals surface area contributed by atoms with Gasteiger partial charge in [0.1, 0.15) is 28.0 Å². The molecule has 1 aromatic heterocycles. The third-order valence-electron chi connectivity index (χ3n) is 6.04. The molecule has 0 radical (unpaired) electrons. The van der Waals surface area contributed by atoms with Crippen molar-refractivity contribution < 1.29 is 33.3 Å². The number of phenolic OH excluding ortho intramolecular Hbond substituents is 1. The van der Waals surface area contributed by atoms with Crippen LogP contribution < -0.4 is 24.4 Å². The molecule has 3 aromatic carbocycles. The van der Waals surface area contributed by atoms with E-state index in [1.165, 1.54) is 12.1 Å². The van der Waals surface area contributed by atoms with Crippen LogP contribution in [0.3, 0.4) is 0 Å². The van der Waals surface area contributed by atoms with Crippen molar-refractivity contribution in [2.24, 2.45) is 0 Å². The molecule has 0 saturated carbocycles. The number of aromatic hydroxyl groups is 1. The van der Waals surface area contributed by atoms with Crippen LogP contribution in [0.15, 0.2) is 63.8 Å². The smallest absolute Gasteiger partial charge is 0.231 e. The van der Waals surface area contributed by atoms with Gasteiger partial charge in [-0.25, -0.2) is 0 Å². The van der Waals surface area contributed by atoms with Crippen molar-refractivity contribution in [2.75, 3.05) is 13.6 Å². The number of aryl methyl sites for hydroxylation is 1. The van der Waals surface area contributed by atoms with E-state index in [4.69, 9.17) is 23.4 Å². The predicted octanol–water partition coefficient (Wildman–Crippen LogP) is 5.33. The second kappa shape index (κ2) is 8.91. The number of hydrogen-bond acceptors (Lipinski definition) is 8. The number of carbonyl (C=O) groups excluding carboxylic acids is 1. The maximum absolute atomic E-state index is 13.5. The lowest BCUT2D eigenvalue weighted by atomic mass is 10.0. The fraction of sp³-hybridized carbons (Fsp3) is 0.103. The first-order valence-electron chi connectivity index (χ1n) is 11.5. The van der Waals surface area contributed by atoms with E-state index < -0.39 is 11.2 Å². The number of hydrogen-bond donors (Lipinski definition) is 1. The van der Waals surface area contributed by atoms with Gasteiger partial charge in [0.15, 0.2) is 28.8 Å². The van der Waals surface area contributed by atoms with Crippen molar-refractivity contribution in [1.29, 1.82) is 0 Å². The van der Waals surface area contributed by atoms with Gasteiger partial charge in [-0.3, -0.25) is 9.59 Å². The number of rotatable bonds is 5. The molecule has 0 aliphatic carbocycles. The Morgan fingerprint density at radius 3 is 2.11 bits per heavy atom. The highest BCUT2D eigenvalue weighted by molar-refractivity contribution is 6.10. The van der Waals surface area contributed by atoms with E-state index >= 15 is 0 Å². The van der Waals surface area contributed by atoms with Crippen LogP contribution in [-0.4, -0.2) is 24.5 Å². The highest BCUT2D eigenvalue weighted by Crippen LogP contribution is 2.34. The summed E-state index contributed by atoms with van der Waals surface area (Å²) in [7, 11) is 0. The van der Waals surface area contributed by atoms with Crippen molar-refractivity contribution in [3.8, 4) is 28.7 Å². The summed E-state index contributed by atoms with van der Waals surface area (Å²) in [5.41, 5.74) is 1.53. The first kappa shape index (κ1) is 22.5. The molecule has 2 aliphatic rings. The fourth-order valence-electron chi connectivity index (χ4n) is 4.26. The van der Waals surface area contributed by atoms with E-state index in [2.05, 4.69) is 0 Å². The average Bonchev–Trinajstić information content (AvgIpc) is 3.54. The van der Waals surface area contributed by atoms with E-state index in [9.17, 15) is 14.7 Å². The van der Waals surface area contributed by atoms with Crippen LogP contribution in [0.4, 0.5) is 0 Å². The van der Waals surface area contributed by atoms with Gasteiger partial charge in [0.25, 0.3) is 0 Å². The number of ether oxygens (including phenoxy) is 4. The summed E-state index contributed by atoms with van der Waals surface area (Å²) in [6.45, 7) is 2.06. The van der Waals surface area contributed by atoms with Gasteiger partial charge in [0.05, 0.1) is 0 Å². The molecular weight excluding hydrogens is 476 g/mol. The zero-order valence-electron chi connectivity index (χ0n) is 19.6. The Kier molecular flexibility index (Phi) is 5.41. The maximum Gasteiger partial charge on any atom is 0.231 e. The summed E-state index contributed by atoms with van der Waals surface area (Å²) >= 11 is 0. The Morgan fingerprint density at radius 2 is 1.43 bits per heavy atom. The summed E-state index contributed by atoms with van der Waals surface area (Å²) in [6.07, 6.45) is 6.13. The summed E-state index contributed by atoms with van der Waals surface area (Å²) in [6, 6.07) is 13.7. The molecule has 1 N–H and O–H groups in total. The highest BCUT2D eigenvalue weighted by atomic mass is 16.7.